The third-order valence-electron chi connectivity index (χ3n) is 3.66. The lowest BCUT2D eigenvalue weighted by Gasteiger charge is -2.32. The normalized spacial score (nSPS) is 13.6. The van der Waals surface area contributed by atoms with E-state index in [1.165, 1.54) is 5.56 Å². The summed E-state index contributed by atoms with van der Waals surface area (Å²) in [5.41, 5.74) is 7.54. The van der Waals surface area contributed by atoms with Crippen LogP contribution in [-0.4, -0.2) is 9.55 Å². The van der Waals surface area contributed by atoms with Crippen molar-refractivity contribution in [1.29, 1.82) is 0 Å². The van der Waals surface area contributed by atoms with E-state index in [-0.39, 0.29) is 11.5 Å². The molecule has 0 aliphatic rings. The van der Waals surface area contributed by atoms with Gasteiger partial charge < -0.3 is 10.3 Å². The Bertz CT molecular complexity index is 499. The summed E-state index contributed by atoms with van der Waals surface area (Å²) in [6.45, 7) is 7.34. The summed E-state index contributed by atoms with van der Waals surface area (Å²) in [5.74, 6) is 0.950. The summed E-state index contributed by atoms with van der Waals surface area (Å²) in [5, 5.41) is 0. The van der Waals surface area contributed by atoms with Gasteiger partial charge in [-0.15, -0.1) is 0 Å². The standard InChI is InChI=1S/C15H21N3/c1-4-18-11-10-17-14(18)13(16)15(2,3)12-8-6-5-7-9-12/h5-11,13H,4,16H2,1-3H3. The Labute approximate surface area is 109 Å². The Morgan fingerprint density at radius 2 is 1.94 bits per heavy atom. The number of hydrogen-bond acceptors (Lipinski definition) is 2. The van der Waals surface area contributed by atoms with E-state index in [0.29, 0.717) is 0 Å². The van der Waals surface area contributed by atoms with Crippen LogP contribution in [0.3, 0.4) is 0 Å². The minimum Gasteiger partial charge on any atom is -0.334 e. The van der Waals surface area contributed by atoms with Gasteiger partial charge in [0.15, 0.2) is 0 Å². The third kappa shape index (κ3) is 2.18. The molecule has 0 amide bonds. The minimum absolute atomic E-state index is 0.116. The number of aromatic nitrogens is 2. The Balaban J connectivity index is 2.36. The molecule has 1 heterocycles. The average molecular weight is 243 g/mol. The van der Waals surface area contributed by atoms with Crippen molar-refractivity contribution in [2.45, 2.75) is 38.8 Å². The fourth-order valence-corrected chi connectivity index (χ4v) is 2.24. The maximum atomic E-state index is 6.44. The summed E-state index contributed by atoms with van der Waals surface area (Å²) in [7, 11) is 0. The molecule has 18 heavy (non-hydrogen) atoms. The fraction of sp³-hybridized carbons (Fsp3) is 0.400. The van der Waals surface area contributed by atoms with Crippen molar-refractivity contribution < 1.29 is 0 Å². The van der Waals surface area contributed by atoms with Crippen molar-refractivity contribution in [1.82, 2.24) is 9.55 Å². The predicted octanol–water partition coefficient (Wildman–Crippen LogP) is 2.88. The number of nitrogens with zero attached hydrogens (tertiary/aromatic N) is 2. The second-order valence-corrected chi connectivity index (χ2v) is 5.14. The van der Waals surface area contributed by atoms with Crippen LogP contribution in [0.15, 0.2) is 42.7 Å². The highest BCUT2D eigenvalue weighted by atomic mass is 15.1. The highest BCUT2D eigenvalue weighted by Crippen LogP contribution is 2.34. The molecule has 0 aliphatic heterocycles. The van der Waals surface area contributed by atoms with Gasteiger partial charge in [0.2, 0.25) is 0 Å². The maximum absolute atomic E-state index is 6.44. The lowest BCUT2D eigenvalue weighted by molar-refractivity contribution is 0.393. The number of imidazole rings is 1. The van der Waals surface area contributed by atoms with E-state index in [4.69, 9.17) is 5.73 Å². The number of aryl methyl sites for hydroxylation is 1. The van der Waals surface area contributed by atoms with E-state index in [1.54, 1.807) is 0 Å². The van der Waals surface area contributed by atoms with Crippen molar-refractivity contribution in [3.05, 3.63) is 54.1 Å². The number of benzene rings is 1. The maximum Gasteiger partial charge on any atom is 0.126 e. The molecule has 0 saturated carbocycles. The van der Waals surface area contributed by atoms with Crippen LogP contribution in [0.1, 0.15) is 38.2 Å². The quantitative estimate of drug-likeness (QED) is 0.897. The van der Waals surface area contributed by atoms with Crippen LogP contribution in [0.4, 0.5) is 0 Å². The molecular weight excluding hydrogens is 222 g/mol. The minimum atomic E-state index is -0.139. The molecule has 2 rings (SSSR count). The van der Waals surface area contributed by atoms with Crippen LogP contribution in [0, 0.1) is 0 Å². The lowest BCUT2D eigenvalue weighted by Crippen LogP contribution is -2.35. The first kappa shape index (κ1) is 12.8. The summed E-state index contributed by atoms with van der Waals surface area (Å²) in [4.78, 5) is 4.42. The molecule has 3 nitrogen and oxygen atoms in total. The monoisotopic (exact) mass is 243 g/mol. The Hall–Kier alpha value is -1.61. The van der Waals surface area contributed by atoms with E-state index in [2.05, 4.69) is 54.6 Å². The summed E-state index contributed by atoms with van der Waals surface area (Å²) in [6.07, 6.45) is 3.80. The molecule has 1 unspecified atom stereocenters. The molecule has 96 valence electrons. The predicted molar refractivity (Wildman–Crippen MR) is 74.3 cm³/mol. The molecule has 0 bridgehead atoms. The average Bonchev–Trinajstić information content (AvgIpc) is 2.87. The summed E-state index contributed by atoms with van der Waals surface area (Å²) >= 11 is 0. The van der Waals surface area contributed by atoms with Crippen LogP contribution in [0.5, 0.6) is 0 Å². The van der Waals surface area contributed by atoms with Crippen LogP contribution < -0.4 is 5.73 Å². The van der Waals surface area contributed by atoms with Crippen LogP contribution >= 0.6 is 0 Å². The van der Waals surface area contributed by atoms with Gasteiger partial charge in [0.1, 0.15) is 5.82 Å². The molecule has 0 radical (unpaired) electrons. The molecule has 1 atom stereocenters. The van der Waals surface area contributed by atoms with E-state index in [1.807, 2.05) is 18.5 Å². The van der Waals surface area contributed by atoms with Crippen molar-refractivity contribution >= 4 is 0 Å². The van der Waals surface area contributed by atoms with Crippen molar-refractivity contribution in [3.8, 4) is 0 Å². The highest BCUT2D eigenvalue weighted by molar-refractivity contribution is 5.27. The van der Waals surface area contributed by atoms with Gasteiger partial charge >= 0.3 is 0 Å². The summed E-state index contributed by atoms with van der Waals surface area (Å²) in [6, 6.07) is 10.3. The van der Waals surface area contributed by atoms with Gasteiger partial charge in [-0.25, -0.2) is 4.98 Å². The molecule has 0 spiro atoms. The number of nitrogens with two attached hydrogens (primary N) is 1. The van der Waals surface area contributed by atoms with Gasteiger partial charge in [-0.2, -0.15) is 0 Å². The Morgan fingerprint density at radius 1 is 1.28 bits per heavy atom. The van der Waals surface area contributed by atoms with E-state index >= 15 is 0 Å². The van der Waals surface area contributed by atoms with Crippen molar-refractivity contribution in [2.24, 2.45) is 5.73 Å². The first-order valence-corrected chi connectivity index (χ1v) is 6.39. The van der Waals surface area contributed by atoms with Gasteiger partial charge in [0, 0.05) is 24.4 Å². The number of rotatable bonds is 4. The van der Waals surface area contributed by atoms with Crippen LogP contribution in [-0.2, 0) is 12.0 Å². The van der Waals surface area contributed by atoms with E-state index in [0.717, 1.165) is 12.4 Å². The van der Waals surface area contributed by atoms with Crippen LogP contribution in [0.25, 0.3) is 0 Å². The first-order chi connectivity index (χ1) is 8.57. The van der Waals surface area contributed by atoms with Gasteiger partial charge in [-0.3, -0.25) is 0 Å². The smallest absolute Gasteiger partial charge is 0.126 e. The zero-order valence-electron chi connectivity index (χ0n) is 11.3. The van der Waals surface area contributed by atoms with Crippen molar-refractivity contribution in [2.75, 3.05) is 0 Å². The molecule has 0 fully saturated rings. The topological polar surface area (TPSA) is 43.8 Å². The Kier molecular flexibility index (Phi) is 3.53. The molecule has 2 aromatic rings. The molecule has 0 aliphatic carbocycles. The number of hydrogen-bond donors (Lipinski definition) is 1. The van der Waals surface area contributed by atoms with Crippen molar-refractivity contribution in [3.63, 3.8) is 0 Å². The molecule has 2 N–H and O–H groups in total. The second kappa shape index (κ2) is 4.94. The van der Waals surface area contributed by atoms with E-state index < -0.39 is 0 Å². The van der Waals surface area contributed by atoms with Gasteiger partial charge in [-0.05, 0) is 12.5 Å². The molecule has 1 aromatic heterocycles. The fourth-order valence-electron chi connectivity index (χ4n) is 2.24. The third-order valence-corrected chi connectivity index (χ3v) is 3.66. The van der Waals surface area contributed by atoms with Gasteiger partial charge in [0.05, 0.1) is 6.04 Å². The molecule has 3 heteroatoms. The van der Waals surface area contributed by atoms with Gasteiger partial charge in [0.25, 0.3) is 0 Å². The second-order valence-electron chi connectivity index (χ2n) is 5.14. The zero-order chi connectivity index (χ0) is 13.2. The molecular formula is C15H21N3. The molecule has 1 aromatic carbocycles. The first-order valence-electron chi connectivity index (χ1n) is 6.39. The largest absolute Gasteiger partial charge is 0.334 e. The van der Waals surface area contributed by atoms with Crippen LogP contribution in [0.2, 0.25) is 0 Å². The highest BCUT2D eigenvalue weighted by Gasteiger charge is 2.32. The Morgan fingerprint density at radius 3 is 2.56 bits per heavy atom. The molecule has 0 saturated heterocycles. The van der Waals surface area contributed by atoms with E-state index in [9.17, 15) is 0 Å². The zero-order valence-corrected chi connectivity index (χ0v) is 11.3. The van der Waals surface area contributed by atoms with Gasteiger partial charge in [-0.1, -0.05) is 44.2 Å². The SMILES string of the molecule is CCn1ccnc1C(N)C(C)(C)c1ccccc1. The lowest BCUT2D eigenvalue weighted by atomic mass is 9.78. The summed E-state index contributed by atoms with van der Waals surface area (Å²) < 4.78 is 2.11.